The van der Waals surface area contributed by atoms with E-state index in [2.05, 4.69) is 12.1 Å². The van der Waals surface area contributed by atoms with Crippen LogP contribution >= 0.6 is 0 Å². The Morgan fingerprint density at radius 3 is 2.44 bits per heavy atom. The summed E-state index contributed by atoms with van der Waals surface area (Å²) in [5.74, 6) is 0.119. The first-order valence-electron chi connectivity index (χ1n) is 5.76. The summed E-state index contributed by atoms with van der Waals surface area (Å²) >= 11 is 0. The summed E-state index contributed by atoms with van der Waals surface area (Å²) in [5, 5.41) is 0. The molecule has 0 amide bonds. The van der Waals surface area contributed by atoms with Gasteiger partial charge in [-0.15, -0.1) is 0 Å². The van der Waals surface area contributed by atoms with Crippen LogP contribution < -0.4 is 0 Å². The van der Waals surface area contributed by atoms with Crippen LogP contribution in [0.25, 0.3) is 0 Å². The zero-order valence-electron chi connectivity index (χ0n) is 9.48. The normalized spacial score (nSPS) is 25.4. The predicted octanol–water partition coefficient (Wildman–Crippen LogP) is 2.73. The van der Waals surface area contributed by atoms with Crippen molar-refractivity contribution in [2.45, 2.75) is 32.1 Å². The number of ketones is 2. The Morgan fingerprint density at radius 1 is 1.19 bits per heavy atom. The van der Waals surface area contributed by atoms with Gasteiger partial charge in [0.25, 0.3) is 0 Å². The topological polar surface area (TPSA) is 34.1 Å². The zero-order valence-corrected chi connectivity index (χ0v) is 9.48. The molecule has 2 rings (SSSR count). The average Bonchev–Trinajstić information content (AvgIpc) is 2.29. The molecule has 16 heavy (non-hydrogen) atoms. The molecule has 0 bridgehead atoms. The third-order valence-electron chi connectivity index (χ3n) is 3.40. The molecule has 0 spiro atoms. The summed E-state index contributed by atoms with van der Waals surface area (Å²) in [6.45, 7) is 1.52. The van der Waals surface area contributed by atoms with Gasteiger partial charge in [0.15, 0.2) is 0 Å². The van der Waals surface area contributed by atoms with Crippen LogP contribution in [0.15, 0.2) is 30.3 Å². The molecule has 0 N–H and O–H groups in total. The summed E-state index contributed by atoms with van der Waals surface area (Å²) in [5.41, 5.74) is 1.22. The van der Waals surface area contributed by atoms with Crippen LogP contribution in [0, 0.1) is 5.92 Å². The second-order valence-electron chi connectivity index (χ2n) is 4.52. The fraction of sp³-hybridized carbons (Fsp3) is 0.429. The minimum absolute atomic E-state index is 0.0245. The highest BCUT2D eigenvalue weighted by atomic mass is 16.1. The summed E-state index contributed by atoms with van der Waals surface area (Å²) in [6.07, 6.45) is 2.18. The van der Waals surface area contributed by atoms with Gasteiger partial charge in [-0.3, -0.25) is 9.59 Å². The Hall–Kier alpha value is -1.44. The SMILES string of the molecule is CC(=O)[C@@H]1CC[C@H](c2ccccc2)CC1=O. The number of benzene rings is 1. The molecule has 0 radical (unpaired) electrons. The lowest BCUT2D eigenvalue weighted by Crippen LogP contribution is -2.28. The summed E-state index contributed by atoms with van der Waals surface area (Å²) in [6, 6.07) is 10.1. The van der Waals surface area contributed by atoms with E-state index in [1.54, 1.807) is 0 Å². The quantitative estimate of drug-likeness (QED) is 0.712. The Morgan fingerprint density at radius 2 is 1.88 bits per heavy atom. The lowest BCUT2D eigenvalue weighted by Gasteiger charge is -2.26. The van der Waals surface area contributed by atoms with Gasteiger partial charge in [0.05, 0.1) is 5.92 Å². The van der Waals surface area contributed by atoms with Gasteiger partial charge in [0.2, 0.25) is 0 Å². The number of rotatable bonds is 2. The molecular weight excluding hydrogens is 200 g/mol. The first-order valence-corrected chi connectivity index (χ1v) is 5.76. The smallest absolute Gasteiger partial charge is 0.143 e. The minimum atomic E-state index is -0.333. The van der Waals surface area contributed by atoms with Gasteiger partial charge in [-0.25, -0.2) is 0 Å². The summed E-state index contributed by atoms with van der Waals surface area (Å²) in [7, 11) is 0. The highest BCUT2D eigenvalue weighted by molar-refractivity contribution is 6.02. The van der Waals surface area contributed by atoms with Crippen molar-refractivity contribution in [3.63, 3.8) is 0 Å². The maximum atomic E-state index is 11.8. The lowest BCUT2D eigenvalue weighted by atomic mass is 9.76. The monoisotopic (exact) mass is 216 g/mol. The molecule has 0 aromatic heterocycles. The molecule has 2 atom stereocenters. The van der Waals surface area contributed by atoms with E-state index in [0.717, 1.165) is 6.42 Å². The molecule has 1 aromatic carbocycles. The molecular formula is C14H16O2. The number of hydrogen-bond acceptors (Lipinski definition) is 2. The van der Waals surface area contributed by atoms with Crippen molar-refractivity contribution in [3.8, 4) is 0 Å². The van der Waals surface area contributed by atoms with Crippen molar-refractivity contribution in [1.29, 1.82) is 0 Å². The number of Topliss-reactive ketones (excluding diaryl/α,β-unsaturated/α-hetero) is 2. The first kappa shape index (κ1) is 11.1. The van der Waals surface area contributed by atoms with Gasteiger partial charge in [0, 0.05) is 6.42 Å². The largest absolute Gasteiger partial charge is 0.299 e. The van der Waals surface area contributed by atoms with E-state index >= 15 is 0 Å². The molecule has 1 aromatic rings. The summed E-state index contributed by atoms with van der Waals surface area (Å²) in [4.78, 5) is 23.0. The van der Waals surface area contributed by atoms with E-state index < -0.39 is 0 Å². The van der Waals surface area contributed by atoms with E-state index in [-0.39, 0.29) is 17.5 Å². The predicted molar refractivity (Wildman–Crippen MR) is 62.2 cm³/mol. The molecule has 1 fully saturated rings. The van der Waals surface area contributed by atoms with E-state index in [1.165, 1.54) is 12.5 Å². The third-order valence-corrected chi connectivity index (χ3v) is 3.40. The third kappa shape index (κ3) is 2.21. The molecule has 1 aliphatic rings. The maximum Gasteiger partial charge on any atom is 0.143 e. The van der Waals surface area contributed by atoms with E-state index in [9.17, 15) is 9.59 Å². The van der Waals surface area contributed by atoms with E-state index in [4.69, 9.17) is 0 Å². The minimum Gasteiger partial charge on any atom is -0.299 e. The second kappa shape index (κ2) is 4.60. The van der Waals surface area contributed by atoms with Crippen molar-refractivity contribution in [2.75, 3.05) is 0 Å². The number of hydrogen-bond donors (Lipinski definition) is 0. The van der Waals surface area contributed by atoms with Crippen LogP contribution in [-0.4, -0.2) is 11.6 Å². The molecule has 84 valence electrons. The van der Waals surface area contributed by atoms with Crippen molar-refractivity contribution >= 4 is 11.6 Å². The maximum absolute atomic E-state index is 11.8. The molecule has 2 nitrogen and oxygen atoms in total. The van der Waals surface area contributed by atoms with Crippen LogP contribution in [0.4, 0.5) is 0 Å². The van der Waals surface area contributed by atoms with Gasteiger partial charge in [0.1, 0.15) is 11.6 Å². The molecule has 1 aliphatic carbocycles. The molecule has 0 saturated heterocycles. The van der Waals surface area contributed by atoms with E-state index in [0.29, 0.717) is 18.8 Å². The van der Waals surface area contributed by atoms with Gasteiger partial charge in [-0.2, -0.15) is 0 Å². The van der Waals surface area contributed by atoms with Crippen LogP contribution in [-0.2, 0) is 9.59 Å². The first-order chi connectivity index (χ1) is 7.68. The van der Waals surface area contributed by atoms with Crippen LogP contribution in [0.1, 0.15) is 37.7 Å². The highest BCUT2D eigenvalue weighted by Crippen LogP contribution is 2.33. The van der Waals surface area contributed by atoms with Crippen LogP contribution in [0.2, 0.25) is 0 Å². The molecule has 0 unspecified atom stereocenters. The average molecular weight is 216 g/mol. The standard InChI is InChI=1S/C14H16O2/c1-10(15)13-8-7-12(9-14(13)16)11-5-3-2-4-6-11/h2-6,12-13H,7-9H2,1H3/t12-,13-/m0/s1. The number of carbonyl (C=O) groups excluding carboxylic acids is 2. The highest BCUT2D eigenvalue weighted by Gasteiger charge is 2.31. The zero-order chi connectivity index (χ0) is 11.5. The van der Waals surface area contributed by atoms with Crippen molar-refractivity contribution < 1.29 is 9.59 Å². The molecule has 0 aliphatic heterocycles. The Bertz CT molecular complexity index is 394. The fourth-order valence-corrected chi connectivity index (χ4v) is 2.46. The van der Waals surface area contributed by atoms with Crippen LogP contribution in [0.5, 0.6) is 0 Å². The van der Waals surface area contributed by atoms with Crippen LogP contribution in [0.3, 0.4) is 0 Å². The van der Waals surface area contributed by atoms with Gasteiger partial charge >= 0.3 is 0 Å². The Kier molecular flexibility index (Phi) is 3.18. The Balaban J connectivity index is 2.08. The molecule has 1 saturated carbocycles. The molecule has 2 heteroatoms. The van der Waals surface area contributed by atoms with Gasteiger partial charge < -0.3 is 0 Å². The van der Waals surface area contributed by atoms with Crippen molar-refractivity contribution in [3.05, 3.63) is 35.9 Å². The Labute approximate surface area is 95.7 Å². The molecule has 0 heterocycles. The van der Waals surface area contributed by atoms with Gasteiger partial charge in [-0.1, -0.05) is 30.3 Å². The van der Waals surface area contributed by atoms with Crippen molar-refractivity contribution in [2.24, 2.45) is 5.92 Å². The summed E-state index contributed by atoms with van der Waals surface area (Å²) < 4.78 is 0. The van der Waals surface area contributed by atoms with E-state index in [1.807, 2.05) is 18.2 Å². The lowest BCUT2D eigenvalue weighted by molar-refractivity contribution is -0.133. The van der Waals surface area contributed by atoms with Gasteiger partial charge in [-0.05, 0) is 31.2 Å². The number of carbonyl (C=O) groups is 2. The fourth-order valence-electron chi connectivity index (χ4n) is 2.46. The second-order valence-corrected chi connectivity index (χ2v) is 4.52. The van der Waals surface area contributed by atoms with Crippen molar-refractivity contribution in [1.82, 2.24) is 0 Å².